The van der Waals surface area contributed by atoms with Crippen LogP contribution in [0.5, 0.6) is 5.88 Å². The van der Waals surface area contributed by atoms with E-state index in [1.54, 1.807) is 0 Å². The number of hydrogen-bond donors (Lipinski definition) is 2. The zero-order chi connectivity index (χ0) is 8.55. The van der Waals surface area contributed by atoms with Gasteiger partial charge in [0, 0.05) is 0 Å². The van der Waals surface area contributed by atoms with Crippen molar-refractivity contribution in [2.24, 2.45) is 0 Å². The summed E-state index contributed by atoms with van der Waals surface area (Å²) in [6.45, 7) is 1.84. The largest absolute Gasteiger partial charge is 0.492 e. The number of aromatic amines is 1. The van der Waals surface area contributed by atoms with E-state index in [0.717, 1.165) is 11.5 Å². The zero-order valence-corrected chi connectivity index (χ0v) is 7.82. The molecule has 66 valence electrons. The van der Waals surface area contributed by atoms with Crippen LogP contribution in [0.2, 0.25) is 0 Å². The quantitative estimate of drug-likeness (QED) is 0.701. The van der Waals surface area contributed by atoms with Gasteiger partial charge in [-0.2, -0.15) is 16.7 Å². The monoisotopic (exact) mass is 184 g/mol. The molecule has 0 aliphatic carbocycles. The predicted octanol–water partition coefficient (Wildman–Crippen LogP) is 1.99. The van der Waals surface area contributed by atoms with Gasteiger partial charge in [-0.3, -0.25) is 0 Å². The van der Waals surface area contributed by atoms with Gasteiger partial charge in [0.2, 0.25) is 5.88 Å². The lowest BCUT2D eigenvalue weighted by Gasteiger charge is -2.01. The van der Waals surface area contributed by atoms with Crippen LogP contribution >= 0.6 is 11.8 Å². The van der Waals surface area contributed by atoms with Gasteiger partial charge in [0.15, 0.2) is 0 Å². The van der Waals surface area contributed by atoms with Crippen molar-refractivity contribution in [2.75, 3.05) is 5.75 Å². The highest BCUT2D eigenvalue weighted by molar-refractivity contribution is 7.99. The first-order chi connectivity index (χ1) is 5.77. The van der Waals surface area contributed by atoms with Gasteiger partial charge in [-0.1, -0.05) is 0 Å². The van der Waals surface area contributed by atoms with Crippen molar-refractivity contribution in [1.29, 1.82) is 0 Å². The van der Waals surface area contributed by atoms with Crippen molar-refractivity contribution in [3.05, 3.63) is 11.5 Å². The van der Waals surface area contributed by atoms with Crippen LogP contribution in [0.15, 0.2) is 0 Å². The molecule has 1 atom stereocenters. The molecule has 1 aromatic heterocycles. The van der Waals surface area contributed by atoms with Crippen LogP contribution in [0.1, 0.15) is 29.6 Å². The summed E-state index contributed by atoms with van der Waals surface area (Å²) in [5.41, 5.74) is 0.775. The van der Waals surface area contributed by atoms with Crippen molar-refractivity contribution < 1.29 is 5.11 Å². The van der Waals surface area contributed by atoms with Crippen LogP contribution in [-0.2, 0) is 0 Å². The number of imidazole rings is 1. The second-order valence-electron chi connectivity index (χ2n) is 3.07. The first kappa shape index (κ1) is 7.98. The smallest absolute Gasteiger partial charge is 0.232 e. The number of H-pyrrole nitrogens is 1. The van der Waals surface area contributed by atoms with Crippen molar-refractivity contribution in [2.45, 2.75) is 25.0 Å². The summed E-state index contributed by atoms with van der Waals surface area (Å²) in [5, 5.41) is 9.73. The first-order valence-electron chi connectivity index (χ1n) is 4.14. The summed E-state index contributed by atoms with van der Waals surface area (Å²) in [6.07, 6.45) is 2.44. The lowest BCUT2D eigenvalue weighted by Crippen LogP contribution is -1.90. The van der Waals surface area contributed by atoms with Crippen LogP contribution in [0, 0.1) is 6.92 Å². The van der Waals surface area contributed by atoms with E-state index in [2.05, 4.69) is 9.97 Å². The van der Waals surface area contributed by atoms with E-state index < -0.39 is 0 Å². The minimum Gasteiger partial charge on any atom is -0.492 e. The molecule has 4 heteroatoms. The maximum Gasteiger partial charge on any atom is 0.232 e. The molecule has 2 rings (SSSR count). The van der Waals surface area contributed by atoms with Crippen molar-refractivity contribution in [3.63, 3.8) is 0 Å². The molecule has 1 aromatic rings. The number of thioether (sulfide) groups is 1. The van der Waals surface area contributed by atoms with E-state index in [9.17, 15) is 5.11 Å². The molecule has 12 heavy (non-hydrogen) atoms. The highest BCUT2D eigenvalue weighted by atomic mass is 32.2. The maximum absolute atomic E-state index is 9.25. The van der Waals surface area contributed by atoms with Gasteiger partial charge in [0.05, 0.1) is 10.9 Å². The number of rotatable bonds is 1. The summed E-state index contributed by atoms with van der Waals surface area (Å²) < 4.78 is 0. The number of hydrogen-bond acceptors (Lipinski definition) is 3. The minimum atomic E-state index is 0.150. The Labute approximate surface area is 75.6 Å². The SMILES string of the molecule is Cc1[nH]c(C2CCCS2)nc1O. The van der Waals surface area contributed by atoms with Crippen molar-refractivity contribution in [1.82, 2.24) is 9.97 Å². The van der Waals surface area contributed by atoms with Gasteiger partial charge in [0.25, 0.3) is 0 Å². The number of aromatic hydroxyl groups is 1. The molecule has 0 saturated carbocycles. The van der Waals surface area contributed by atoms with E-state index in [1.807, 2.05) is 18.7 Å². The Kier molecular flexibility index (Phi) is 2.00. The van der Waals surface area contributed by atoms with E-state index in [0.29, 0.717) is 5.25 Å². The lowest BCUT2D eigenvalue weighted by molar-refractivity contribution is 0.451. The van der Waals surface area contributed by atoms with Crippen molar-refractivity contribution in [3.8, 4) is 5.88 Å². The predicted molar refractivity (Wildman–Crippen MR) is 49.4 cm³/mol. The normalized spacial score (nSPS) is 23.2. The van der Waals surface area contributed by atoms with Gasteiger partial charge in [-0.05, 0) is 25.5 Å². The van der Waals surface area contributed by atoms with Crippen molar-refractivity contribution >= 4 is 11.8 Å². The van der Waals surface area contributed by atoms with Crippen LogP contribution in [-0.4, -0.2) is 20.8 Å². The highest BCUT2D eigenvalue weighted by Crippen LogP contribution is 2.39. The third-order valence-corrected chi connectivity index (χ3v) is 3.50. The fourth-order valence-electron chi connectivity index (χ4n) is 1.42. The Balaban J connectivity index is 2.21. The fraction of sp³-hybridized carbons (Fsp3) is 0.625. The third kappa shape index (κ3) is 1.31. The van der Waals surface area contributed by atoms with E-state index in [-0.39, 0.29) is 5.88 Å². The Hall–Kier alpha value is -0.640. The van der Waals surface area contributed by atoms with Crippen LogP contribution in [0.25, 0.3) is 0 Å². The molecule has 3 nitrogen and oxygen atoms in total. The number of aryl methyl sites for hydroxylation is 1. The molecule has 0 aromatic carbocycles. The summed E-state index contributed by atoms with van der Waals surface area (Å²) in [4.78, 5) is 7.18. The lowest BCUT2D eigenvalue weighted by atomic mass is 10.2. The second kappa shape index (κ2) is 3.01. The molecular weight excluding hydrogens is 172 g/mol. The molecule has 1 unspecified atom stereocenters. The molecule has 2 N–H and O–H groups in total. The van der Waals surface area contributed by atoms with Gasteiger partial charge in [-0.15, -0.1) is 0 Å². The molecule has 0 amide bonds. The molecule has 2 heterocycles. The van der Waals surface area contributed by atoms with Crippen LogP contribution < -0.4 is 0 Å². The Bertz CT molecular complexity index is 259. The zero-order valence-electron chi connectivity index (χ0n) is 7.00. The molecular formula is C8H12N2OS. The number of aromatic nitrogens is 2. The van der Waals surface area contributed by atoms with E-state index in [4.69, 9.17) is 0 Å². The molecule has 0 radical (unpaired) electrons. The van der Waals surface area contributed by atoms with Gasteiger partial charge < -0.3 is 10.1 Å². The molecule has 1 aliphatic rings. The van der Waals surface area contributed by atoms with E-state index >= 15 is 0 Å². The number of nitrogens with one attached hydrogen (secondary N) is 1. The highest BCUT2D eigenvalue weighted by Gasteiger charge is 2.21. The fourth-order valence-corrected chi connectivity index (χ4v) is 2.64. The summed E-state index contributed by atoms with van der Waals surface area (Å²) >= 11 is 1.91. The molecule has 0 bridgehead atoms. The minimum absolute atomic E-state index is 0.150. The Morgan fingerprint density at radius 1 is 1.67 bits per heavy atom. The average Bonchev–Trinajstić information content (AvgIpc) is 2.61. The van der Waals surface area contributed by atoms with Crippen LogP contribution in [0.3, 0.4) is 0 Å². The molecule has 1 aliphatic heterocycles. The molecule has 1 fully saturated rings. The van der Waals surface area contributed by atoms with E-state index in [1.165, 1.54) is 18.6 Å². The molecule has 1 saturated heterocycles. The Morgan fingerprint density at radius 3 is 3.00 bits per heavy atom. The average molecular weight is 184 g/mol. The molecule has 0 spiro atoms. The maximum atomic E-state index is 9.25. The van der Waals surface area contributed by atoms with Crippen LogP contribution in [0.4, 0.5) is 0 Å². The van der Waals surface area contributed by atoms with Gasteiger partial charge in [0.1, 0.15) is 5.82 Å². The second-order valence-corrected chi connectivity index (χ2v) is 4.38. The third-order valence-electron chi connectivity index (χ3n) is 2.11. The summed E-state index contributed by atoms with van der Waals surface area (Å²) in [6, 6.07) is 0. The van der Waals surface area contributed by atoms with Gasteiger partial charge >= 0.3 is 0 Å². The summed E-state index contributed by atoms with van der Waals surface area (Å²) in [7, 11) is 0. The first-order valence-corrected chi connectivity index (χ1v) is 5.19. The Morgan fingerprint density at radius 2 is 2.50 bits per heavy atom. The topological polar surface area (TPSA) is 48.9 Å². The standard InChI is InChI=1S/C8H12N2OS/c1-5-8(11)10-7(9-5)6-3-2-4-12-6/h6,11H,2-4H2,1H3,(H,9,10). The summed E-state index contributed by atoms with van der Waals surface area (Å²) in [5.74, 6) is 2.30. The number of nitrogens with zero attached hydrogens (tertiary/aromatic N) is 1. The van der Waals surface area contributed by atoms with Gasteiger partial charge in [-0.25, -0.2) is 0 Å².